The Labute approximate surface area is 169 Å². The molecular weight excluding hydrogens is 371 g/mol. The lowest BCUT2D eigenvalue weighted by molar-refractivity contribution is 0.0778. The zero-order chi connectivity index (χ0) is 20.7. The molecule has 1 amide bonds. The van der Waals surface area contributed by atoms with Crippen LogP contribution in [0, 0.1) is 5.82 Å². The fraction of sp³-hybridized carbons (Fsp3) is 0.429. The molecule has 0 atom stereocenters. The van der Waals surface area contributed by atoms with Crippen molar-refractivity contribution >= 4 is 5.91 Å². The highest BCUT2D eigenvalue weighted by Gasteiger charge is 2.30. The minimum absolute atomic E-state index is 0.0613. The van der Waals surface area contributed by atoms with Gasteiger partial charge < -0.3 is 9.47 Å². The summed E-state index contributed by atoms with van der Waals surface area (Å²) in [6.07, 6.45) is 3.89. The Bertz CT molecular complexity index is 1030. The quantitative estimate of drug-likeness (QED) is 0.640. The number of rotatable bonds is 6. The molecule has 0 spiro atoms. The molecule has 1 saturated carbocycles. The maximum Gasteiger partial charge on any atom is 0.257 e. The zero-order valence-electron chi connectivity index (χ0n) is 17.1. The van der Waals surface area contributed by atoms with Crippen LogP contribution in [0.15, 0.2) is 30.5 Å². The van der Waals surface area contributed by atoms with E-state index in [9.17, 15) is 9.18 Å². The Kier molecular flexibility index (Phi) is 4.94. The molecule has 1 aromatic carbocycles. The summed E-state index contributed by atoms with van der Waals surface area (Å²) in [5, 5.41) is 13.0. The summed E-state index contributed by atoms with van der Waals surface area (Å²) in [5.41, 5.74) is 2.06. The molecule has 152 valence electrons. The van der Waals surface area contributed by atoms with E-state index in [1.165, 1.54) is 12.1 Å². The van der Waals surface area contributed by atoms with Gasteiger partial charge in [-0.15, -0.1) is 10.2 Å². The van der Waals surface area contributed by atoms with Gasteiger partial charge >= 0.3 is 0 Å². The molecule has 2 heterocycles. The molecule has 0 aliphatic heterocycles. The molecule has 0 radical (unpaired) electrons. The van der Waals surface area contributed by atoms with Crippen LogP contribution in [0.2, 0.25) is 0 Å². The van der Waals surface area contributed by atoms with Gasteiger partial charge in [-0.3, -0.25) is 4.79 Å². The highest BCUT2D eigenvalue weighted by molar-refractivity contribution is 5.95. The molecule has 1 aliphatic carbocycles. The molecule has 0 bridgehead atoms. The normalized spacial score (nSPS) is 13.9. The second-order valence-corrected chi connectivity index (χ2v) is 7.96. The van der Waals surface area contributed by atoms with Gasteiger partial charge in [-0.25, -0.2) is 9.07 Å². The highest BCUT2D eigenvalue weighted by Crippen LogP contribution is 2.38. The minimum Gasteiger partial charge on any atom is -0.334 e. The summed E-state index contributed by atoms with van der Waals surface area (Å²) < 4.78 is 17.0. The zero-order valence-corrected chi connectivity index (χ0v) is 17.1. The van der Waals surface area contributed by atoms with Crippen LogP contribution >= 0.6 is 0 Å². The maximum atomic E-state index is 13.3. The molecule has 0 N–H and O–H groups in total. The lowest BCUT2D eigenvalue weighted by Crippen LogP contribution is -2.28. The van der Waals surface area contributed by atoms with E-state index in [4.69, 9.17) is 0 Å². The number of benzene rings is 1. The van der Waals surface area contributed by atoms with E-state index in [0.29, 0.717) is 18.0 Å². The summed E-state index contributed by atoms with van der Waals surface area (Å²) >= 11 is 0. The van der Waals surface area contributed by atoms with Crippen molar-refractivity contribution in [1.82, 2.24) is 29.4 Å². The molecule has 3 aromatic rings. The van der Waals surface area contributed by atoms with Crippen LogP contribution in [0.1, 0.15) is 66.2 Å². The van der Waals surface area contributed by atoms with Crippen molar-refractivity contribution in [2.24, 2.45) is 7.05 Å². The number of carbonyl (C=O) groups is 1. The van der Waals surface area contributed by atoms with Gasteiger partial charge in [-0.1, -0.05) is 13.8 Å². The van der Waals surface area contributed by atoms with Crippen LogP contribution in [-0.2, 0) is 13.6 Å². The van der Waals surface area contributed by atoms with E-state index in [1.54, 1.807) is 35.0 Å². The van der Waals surface area contributed by atoms with Gasteiger partial charge in [-0.2, -0.15) is 5.10 Å². The van der Waals surface area contributed by atoms with Crippen LogP contribution < -0.4 is 0 Å². The number of carbonyl (C=O) groups excluding carboxylic acids is 1. The molecule has 0 unspecified atom stereocenters. The molecule has 7 nitrogen and oxygen atoms in total. The van der Waals surface area contributed by atoms with Crippen molar-refractivity contribution < 1.29 is 9.18 Å². The number of halogens is 1. The first-order valence-corrected chi connectivity index (χ1v) is 9.84. The predicted molar refractivity (Wildman–Crippen MR) is 106 cm³/mol. The van der Waals surface area contributed by atoms with Crippen molar-refractivity contribution in [3.05, 3.63) is 59.2 Å². The maximum absolute atomic E-state index is 13.3. The average molecular weight is 396 g/mol. The molecular formula is C21H25FN6O. The number of aromatic nitrogens is 5. The largest absolute Gasteiger partial charge is 0.334 e. The minimum atomic E-state index is -0.308. The molecule has 4 rings (SSSR count). The van der Waals surface area contributed by atoms with Crippen LogP contribution in [0.3, 0.4) is 0 Å². The number of hydrogen-bond donors (Lipinski definition) is 0. The molecule has 2 aromatic heterocycles. The first-order valence-electron chi connectivity index (χ1n) is 9.84. The van der Waals surface area contributed by atoms with Crippen molar-refractivity contribution in [3.8, 4) is 5.69 Å². The van der Waals surface area contributed by atoms with E-state index < -0.39 is 0 Å². The molecule has 1 fully saturated rings. The Morgan fingerprint density at radius 2 is 1.93 bits per heavy atom. The Hall–Kier alpha value is -3.03. The highest BCUT2D eigenvalue weighted by atomic mass is 19.1. The second-order valence-electron chi connectivity index (χ2n) is 7.96. The van der Waals surface area contributed by atoms with E-state index in [1.807, 2.05) is 25.5 Å². The number of amides is 1. The van der Waals surface area contributed by atoms with Crippen LogP contribution in [0.25, 0.3) is 5.69 Å². The van der Waals surface area contributed by atoms with Crippen molar-refractivity contribution in [2.45, 2.75) is 45.1 Å². The van der Waals surface area contributed by atoms with Crippen LogP contribution in [-0.4, -0.2) is 42.4 Å². The van der Waals surface area contributed by atoms with Gasteiger partial charge in [0, 0.05) is 20.0 Å². The Morgan fingerprint density at radius 1 is 1.24 bits per heavy atom. The fourth-order valence-electron chi connectivity index (χ4n) is 3.57. The third kappa shape index (κ3) is 3.66. The van der Waals surface area contributed by atoms with Crippen molar-refractivity contribution in [1.29, 1.82) is 0 Å². The van der Waals surface area contributed by atoms with Gasteiger partial charge in [0.2, 0.25) is 0 Å². The third-order valence-electron chi connectivity index (χ3n) is 5.32. The summed E-state index contributed by atoms with van der Waals surface area (Å²) in [4.78, 5) is 14.8. The monoisotopic (exact) mass is 396 g/mol. The second kappa shape index (κ2) is 7.42. The van der Waals surface area contributed by atoms with Crippen molar-refractivity contribution in [3.63, 3.8) is 0 Å². The van der Waals surface area contributed by atoms with Crippen molar-refractivity contribution in [2.75, 3.05) is 7.05 Å². The van der Waals surface area contributed by atoms with Gasteiger partial charge in [-0.05, 0) is 43.0 Å². The third-order valence-corrected chi connectivity index (χ3v) is 5.32. The molecule has 1 aliphatic rings. The average Bonchev–Trinajstić information content (AvgIpc) is 3.33. The standard InChI is InChI=1S/C21H25FN6O/c1-13(2)19-17(11-23-28(19)16-9-7-15(22)8-10-16)21(29)26(3)12-18-24-25-20(27(18)4)14-5-6-14/h7-11,13-14H,5-6,12H2,1-4H3. The SMILES string of the molecule is CC(C)c1c(C(=O)N(C)Cc2nnc(C3CC3)n2C)cnn1-c1ccc(F)cc1. The Balaban J connectivity index is 1.60. The van der Waals surface area contributed by atoms with E-state index in [2.05, 4.69) is 15.3 Å². The summed E-state index contributed by atoms with van der Waals surface area (Å²) in [7, 11) is 3.71. The van der Waals surface area contributed by atoms with Crippen LogP contribution in [0.5, 0.6) is 0 Å². The predicted octanol–water partition coefficient (Wildman–Crippen LogP) is 3.41. The molecule has 8 heteroatoms. The lowest BCUT2D eigenvalue weighted by atomic mass is 10.0. The van der Waals surface area contributed by atoms with E-state index >= 15 is 0 Å². The number of nitrogens with zero attached hydrogens (tertiary/aromatic N) is 6. The van der Waals surface area contributed by atoms with Gasteiger partial charge in [0.15, 0.2) is 5.82 Å². The van der Waals surface area contributed by atoms with Gasteiger partial charge in [0.05, 0.1) is 29.7 Å². The van der Waals surface area contributed by atoms with Gasteiger partial charge in [0.25, 0.3) is 5.91 Å². The van der Waals surface area contributed by atoms with Gasteiger partial charge in [0.1, 0.15) is 11.6 Å². The summed E-state index contributed by atoms with van der Waals surface area (Å²) in [6.45, 7) is 4.39. The van der Waals surface area contributed by atoms with E-state index in [0.717, 1.165) is 35.9 Å². The smallest absolute Gasteiger partial charge is 0.257 e. The van der Waals surface area contributed by atoms with Crippen LogP contribution in [0.4, 0.5) is 4.39 Å². The molecule has 0 saturated heterocycles. The fourth-order valence-corrected chi connectivity index (χ4v) is 3.57. The lowest BCUT2D eigenvalue weighted by Gasteiger charge is -2.18. The first kappa shape index (κ1) is 19.3. The topological polar surface area (TPSA) is 68.8 Å². The Morgan fingerprint density at radius 3 is 2.55 bits per heavy atom. The molecule has 29 heavy (non-hydrogen) atoms. The first-order chi connectivity index (χ1) is 13.9. The number of hydrogen-bond acceptors (Lipinski definition) is 4. The van der Waals surface area contributed by atoms with E-state index in [-0.39, 0.29) is 17.6 Å². The summed E-state index contributed by atoms with van der Waals surface area (Å²) in [5.74, 6) is 1.89. The summed E-state index contributed by atoms with van der Waals surface area (Å²) in [6, 6.07) is 6.09.